The summed E-state index contributed by atoms with van der Waals surface area (Å²) in [5.74, 6) is -0.366. The molecular weight excluding hydrogens is 536 g/mol. The minimum absolute atomic E-state index is 0.0834. The highest BCUT2D eigenvalue weighted by Crippen LogP contribution is 2.29. The Hall–Kier alpha value is -3.84. The summed E-state index contributed by atoms with van der Waals surface area (Å²) in [4.78, 5) is 46.0. The molecule has 0 radical (unpaired) electrons. The number of hydrogen-bond donors (Lipinski definition) is 1. The maximum Gasteiger partial charge on any atom is 0.256 e. The highest BCUT2D eigenvalue weighted by Gasteiger charge is 2.28. The van der Waals surface area contributed by atoms with E-state index in [0.717, 1.165) is 30.6 Å². The first-order chi connectivity index (χ1) is 19.9. The van der Waals surface area contributed by atoms with Crippen LogP contribution in [-0.4, -0.2) is 66.8 Å². The fourth-order valence-corrected chi connectivity index (χ4v) is 5.51. The molecule has 0 spiro atoms. The average molecular weight is 575 g/mol. The van der Waals surface area contributed by atoms with E-state index in [-0.39, 0.29) is 23.6 Å². The van der Waals surface area contributed by atoms with Gasteiger partial charge in [-0.15, -0.1) is 0 Å². The molecule has 0 aliphatic carbocycles. The summed E-state index contributed by atoms with van der Waals surface area (Å²) in [6.07, 6.45) is 1.54. The number of halogens is 1. The third-order valence-electron chi connectivity index (χ3n) is 7.70. The minimum atomic E-state index is -0.275. The molecule has 0 bridgehead atoms. The molecule has 4 rings (SSSR count). The van der Waals surface area contributed by atoms with E-state index in [2.05, 4.69) is 17.1 Å². The molecule has 3 aromatic rings. The number of benzene rings is 3. The smallest absolute Gasteiger partial charge is 0.256 e. The summed E-state index contributed by atoms with van der Waals surface area (Å²) >= 11 is 5.97. The molecule has 1 saturated heterocycles. The normalized spacial score (nSPS) is 14.2. The zero-order chi connectivity index (χ0) is 29.4. The number of nitrogens with zero attached hydrogens (tertiary/aromatic N) is 3. The number of carbonyl (C=O) groups is 3. The molecule has 1 aliphatic heterocycles. The van der Waals surface area contributed by atoms with Crippen LogP contribution in [0.4, 0.5) is 11.4 Å². The number of carbonyl (C=O) groups excluding carboxylic acids is 3. The second-order valence-corrected chi connectivity index (χ2v) is 10.6. The van der Waals surface area contributed by atoms with E-state index < -0.39 is 0 Å². The lowest BCUT2D eigenvalue weighted by molar-refractivity contribution is -0.132. The van der Waals surface area contributed by atoms with Gasteiger partial charge >= 0.3 is 0 Å². The monoisotopic (exact) mass is 574 g/mol. The fourth-order valence-electron chi connectivity index (χ4n) is 5.38. The highest BCUT2D eigenvalue weighted by molar-refractivity contribution is 6.30. The van der Waals surface area contributed by atoms with E-state index in [4.69, 9.17) is 11.6 Å². The number of hydrogen-bond acceptors (Lipinski definition) is 4. The van der Waals surface area contributed by atoms with Crippen LogP contribution in [0.2, 0.25) is 5.02 Å². The van der Waals surface area contributed by atoms with Crippen LogP contribution in [-0.2, 0) is 4.79 Å². The Morgan fingerprint density at radius 2 is 1.59 bits per heavy atom. The van der Waals surface area contributed by atoms with Crippen LogP contribution in [0.15, 0.2) is 72.8 Å². The maximum absolute atomic E-state index is 13.7. The molecule has 8 heteroatoms. The van der Waals surface area contributed by atoms with Crippen LogP contribution >= 0.6 is 11.6 Å². The Kier molecular flexibility index (Phi) is 10.4. The molecule has 1 fully saturated rings. The Balaban J connectivity index is 1.56. The van der Waals surface area contributed by atoms with Crippen LogP contribution < -0.4 is 10.2 Å². The summed E-state index contributed by atoms with van der Waals surface area (Å²) in [6, 6.07) is 22.1. The molecule has 1 heterocycles. The van der Waals surface area contributed by atoms with Crippen molar-refractivity contribution < 1.29 is 14.4 Å². The number of rotatable bonds is 9. The van der Waals surface area contributed by atoms with E-state index in [1.54, 1.807) is 35.2 Å². The van der Waals surface area contributed by atoms with Crippen molar-refractivity contribution in [1.82, 2.24) is 9.80 Å². The molecule has 7 nitrogen and oxygen atoms in total. The second-order valence-electron chi connectivity index (χ2n) is 10.2. The van der Waals surface area contributed by atoms with Crippen molar-refractivity contribution >= 4 is 40.7 Å². The molecule has 216 valence electrons. The van der Waals surface area contributed by atoms with Gasteiger partial charge in [-0.05, 0) is 74.7 Å². The molecule has 0 saturated carbocycles. The summed E-state index contributed by atoms with van der Waals surface area (Å²) in [5, 5.41) is 3.48. The third kappa shape index (κ3) is 7.27. The number of anilines is 2. The maximum atomic E-state index is 13.7. The van der Waals surface area contributed by atoms with Gasteiger partial charge in [-0.1, -0.05) is 48.9 Å². The van der Waals surface area contributed by atoms with Crippen molar-refractivity contribution in [2.24, 2.45) is 0 Å². The van der Waals surface area contributed by atoms with E-state index in [1.807, 2.05) is 61.2 Å². The first kappa shape index (κ1) is 30.1. The van der Waals surface area contributed by atoms with Gasteiger partial charge in [0.05, 0.1) is 11.5 Å². The number of amides is 3. The van der Waals surface area contributed by atoms with Crippen LogP contribution in [0.1, 0.15) is 65.8 Å². The fraction of sp³-hybridized carbons (Fsp3) is 0.364. The van der Waals surface area contributed by atoms with Gasteiger partial charge in [-0.25, -0.2) is 0 Å². The third-order valence-corrected chi connectivity index (χ3v) is 7.95. The predicted octanol–water partition coefficient (Wildman–Crippen LogP) is 6.31. The van der Waals surface area contributed by atoms with Crippen molar-refractivity contribution in [3.05, 3.63) is 94.5 Å². The quantitative estimate of drug-likeness (QED) is 0.325. The molecule has 3 amide bonds. The lowest BCUT2D eigenvalue weighted by Gasteiger charge is -2.29. The topological polar surface area (TPSA) is 73.0 Å². The Bertz CT molecular complexity index is 1340. The number of nitrogens with one attached hydrogen (secondary N) is 1. The second kappa shape index (κ2) is 14.2. The van der Waals surface area contributed by atoms with Gasteiger partial charge in [0.2, 0.25) is 5.91 Å². The zero-order valence-corrected chi connectivity index (χ0v) is 24.9. The molecular formula is C33H39ClN4O3. The lowest BCUT2D eigenvalue weighted by atomic mass is 9.95. The van der Waals surface area contributed by atoms with E-state index in [1.165, 1.54) is 0 Å². The van der Waals surface area contributed by atoms with Gasteiger partial charge in [0.15, 0.2) is 0 Å². The molecule has 1 atom stereocenters. The zero-order valence-electron chi connectivity index (χ0n) is 24.1. The minimum Gasteiger partial charge on any atom is -0.369 e. The largest absolute Gasteiger partial charge is 0.369 e. The molecule has 3 aromatic carbocycles. The van der Waals surface area contributed by atoms with E-state index in [9.17, 15) is 14.4 Å². The van der Waals surface area contributed by atoms with Gasteiger partial charge in [-0.3, -0.25) is 14.4 Å². The summed E-state index contributed by atoms with van der Waals surface area (Å²) in [7, 11) is 0. The van der Waals surface area contributed by atoms with Crippen molar-refractivity contribution in [2.45, 2.75) is 39.5 Å². The molecule has 41 heavy (non-hydrogen) atoms. The Morgan fingerprint density at radius 1 is 0.878 bits per heavy atom. The summed E-state index contributed by atoms with van der Waals surface area (Å²) in [6.45, 7) is 9.72. The van der Waals surface area contributed by atoms with Crippen molar-refractivity contribution in [3.8, 4) is 0 Å². The molecule has 0 aromatic heterocycles. The SMILES string of the molecule is CC[C@@H](C(=O)N1CCCN(c2ccc(NC(=O)c3ccc(Cl)cc3)cc2C(=O)N(CC)CC)CC1)c1ccccc1. The summed E-state index contributed by atoms with van der Waals surface area (Å²) in [5.41, 5.74) is 3.43. The summed E-state index contributed by atoms with van der Waals surface area (Å²) < 4.78 is 0. The van der Waals surface area contributed by atoms with Crippen LogP contribution in [0.3, 0.4) is 0 Å². The molecule has 1 N–H and O–H groups in total. The van der Waals surface area contributed by atoms with Crippen molar-refractivity contribution in [1.29, 1.82) is 0 Å². The van der Waals surface area contributed by atoms with Crippen LogP contribution in [0.5, 0.6) is 0 Å². The molecule has 1 aliphatic rings. The van der Waals surface area contributed by atoms with Crippen molar-refractivity contribution in [2.75, 3.05) is 49.5 Å². The first-order valence-corrected chi connectivity index (χ1v) is 14.8. The standard InChI is InChI=1S/C33H39ClN4O3/c1-4-28(24-11-8-7-9-12-24)32(40)38-20-10-19-37(21-22-38)30-18-17-27(23-29(30)33(41)36(5-2)6-3)35-31(39)25-13-15-26(34)16-14-25/h7-9,11-18,23,28H,4-6,10,19-22H2,1-3H3,(H,35,39)/t28-/m1/s1. The highest BCUT2D eigenvalue weighted by atomic mass is 35.5. The van der Waals surface area contributed by atoms with Gasteiger partial charge in [0.25, 0.3) is 11.8 Å². The molecule has 0 unspecified atom stereocenters. The first-order valence-electron chi connectivity index (χ1n) is 14.4. The predicted molar refractivity (Wildman–Crippen MR) is 166 cm³/mol. The van der Waals surface area contributed by atoms with Gasteiger partial charge in [0, 0.05) is 61.2 Å². The van der Waals surface area contributed by atoms with Crippen LogP contribution in [0.25, 0.3) is 0 Å². The Labute approximate surface area is 248 Å². The van der Waals surface area contributed by atoms with E-state index >= 15 is 0 Å². The average Bonchev–Trinajstić information content (AvgIpc) is 3.25. The van der Waals surface area contributed by atoms with Gasteiger partial charge < -0.3 is 20.0 Å². The van der Waals surface area contributed by atoms with Gasteiger partial charge in [0.1, 0.15) is 0 Å². The van der Waals surface area contributed by atoms with E-state index in [0.29, 0.717) is 54.6 Å². The lowest BCUT2D eigenvalue weighted by Crippen LogP contribution is -2.38. The van der Waals surface area contributed by atoms with Crippen LogP contribution in [0, 0.1) is 0 Å². The van der Waals surface area contributed by atoms with Gasteiger partial charge in [-0.2, -0.15) is 0 Å². The Morgan fingerprint density at radius 3 is 2.24 bits per heavy atom. The van der Waals surface area contributed by atoms with Crippen molar-refractivity contribution in [3.63, 3.8) is 0 Å².